The van der Waals surface area contributed by atoms with Crippen LogP contribution in [0.2, 0.25) is 18.1 Å². The summed E-state index contributed by atoms with van der Waals surface area (Å²) in [5.74, 6) is -2.04. The molecule has 0 amide bonds. The third-order valence-corrected chi connectivity index (χ3v) is 12.3. The molecule has 194 valence electrons. The lowest BCUT2D eigenvalue weighted by molar-refractivity contribution is -0.161. The molecule has 0 bridgehead atoms. The number of rotatable bonds is 7. The normalized spacial score (nSPS) is 28.8. The third-order valence-electron chi connectivity index (χ3n) is 7.77. The second-order valence-corrected chi connectivity index (χ2v) is 16.6. The fourth-order valence-corrected chi connectivity index (χ4v) is 6.06. The van der Waals surface area contributed by atoms with E-state index in [4.69, 9.17) is 13.9 Å². The molecule has 2 rings (SSSR count). The first-order chi connectivity index (χ1) is 15.8. The van der Waals surface area contributed by atoms with E-state index in [0.717, 1.165) is 6.08 Å². The van der Waals surface area contributed by atoms with Gasteiger partial charge in [0.05, 0.1) is 11.5 Å². The Bertz CT molecular complexity index is 982. The van der Waals surface area contributed by atoms with E-state index < -0.39 is 42.5 Å². The van der Waals surface area contributed by atoms with E-state index in [0.29, 0.717) is 6.42 Å². The second-order valence-electron chi connectivity index (χ2n) is 11.8. The van der Waals surface area contributed by atoms with E-state index in [2.05, 4.69) is 40.4 Å². The standard InChI is InChI=1S/C27H40O7Si/c1-11-21(29)32-17-27(19-13-12-15-26(8,22(19)30)33-18(2)28)16-14-20(25(6,7)23(27)31)34-35(9,10)24(3,4)5/h11-13,15,20H,1,14,16-17H2,2-10H3/t20-,26+,27-/m0/s1. The van der Waals surface area contributed by atoms with Gasteiger partial charge < -0.3 is 13.9 Å². The summed E-state index contributed by atoms with van der Waals surface area (Å²) in [5, 5.41) is -0.0430. The Morgan fingerprint density at radius 1 is 1.20 bits per heavy atom. The van der Waals surface area contributed by atoms with E-state index in [-0.39, 0.29) is 35.5 Å². The average molecular weight is 505 g/mol. The van der Waals surface area contributed by atoms with E-state index in [1.165, 1.54) is 19.9 Å². The number of hydrogen-bond donors (Lipinski definition) is 0. The lowest BCUT2D eigenvalue weighted by Crippen LogP contribution is -2.60. The van der Waals surface area contributed by atoms with Crippen molar-refractivity contribution >= 4 is 31.8 Å². The molecule has 0 radical (unpaired) electrons. The van der Waals surface area contributed by atoms with Crippen LogP contribution in [-0.2, 0) is 33.1 Å². The molecule has 2 aliphatic rings. The molecular formula is C27H40O7Si. The highest BCUT2D eigenvalue weighted by atomic mass is 28.4. The average Bonchev–Trinajstić information content (AvgIpc) is 2.72. The van der Waals surface area contributed by atoms with Crippen molar-refractivity contribution in [3.05, 3.63) is 36.5 Å². The summed E-state index contributed by atoms with van der Waals surface area (Å²) in [7, 11) is -2.19. The van der Waals surface area contributed by atoms with Gasteiger partial charge in [0.25, 0.3) is 0 Å². The third kappa shape index (κ3) is 5.43. The summed E-state index contributed by atoms with van der Waals surface area (Å²) in [5.41, 5.74) is -3.75. The minimum atomic E-state index is -2.19. The zero-order valence-electron chi connectivity index (χ0n) is 22.6. The zero-order chi connectivity index (χ0) is 27.0. The molecule has 3 atom stereocenters. The molecule has 1 saturated carbocycles. The molecule has 35 heavy (non-hydrogen) atoms. The number of allylic oxidation sites excluding steroid dienone is 2. The molecule has 0 aromatic heterocycles. The summed E-state index contributed by atoms with van der Waals surface area (Å²) < 4.78 is 17.4. The zero-order valence-corrected chi connectivity index (χ0v) is 23.6. The quantitative estimate of drug-likeness (QED) is 0.277. The summed E-state index contributed by atoms with van der Waals surface area (Å²) in [6.45, 7) is 20.2. The van der Waals surface area contributed by atoms with Crippen molar-refractivity contribution in [1.82, 2.24) is 0 Å². The lowest BCUT2D eigenvalue weighted by Gasteiger charge is -2.51. The summed E-state index contributed by atoms with van der Waals surface area (Å²) in [6.07, 6.45) is 6.08. The van der Waals surface area contributed by atoms with Gasteiger partial charge in [-0.25, -0.2) is 4.79 Å². The Balaban J connectivity index is 2.55. The van der Waals surface area contributed by atoms with Crippen LogP contribution >= 0.6 is 0 Å². The molecule has 8 heteroatoms. The van der Waals surface area contributed by atoms with Gasteiger partial charge in [-0.3, -0.25) is 14.4 Å². The minimum absolute atomic E-state index is 0.0430. The van der Waals surface area contributed by atoms with Crippen molar-refractivity contribution in [3.8, 4) is 0 Å². The Labute approximate surface area is 210 Å². The maximum absolute atomic E-state index is 14.3. The van der Waals surface area contributed by atoms with Crippen molar-refractivity contribution in [2.24, 2.45) is 10.8 Å². The smallest absolute Gasteiger partial charge is 0.330 e. The van der Waals surface area contributed by atoms with Gasteiger partial charge in [0.1, 0.15) is 6.61 Å². The van der Waals surface area contributed by atoms with Gasteiger partial charge in [-0.15, -0.1) is 0 Å². The molecule has 0 aliphatic heterocycles. The second kappa shape index (κ2) is 9.62. The highest BCUT2D eigenvalue weighted by Gasteiger charge is 2.60. The summed E-state index contributed by atoms with van der Waals surface area (Å²) in [6, 6.07) is 0. The first-order valence-corrected chi connectivity index (χ1v) is 14.9. The van der Waals surface area contributed by atoms with Crippen molar-refractivity contribution < 1.29 is 33.1 Å². The van der Waals surface area contributed by atoms with E-state index in [1.807, 2.05) is 13.8 Å². The van der Waals surface area contributed by atoms with Crippen LogP contribution in [0.4, 0.5) is 0 Å². The Morgan fingerprint density at radius 3 is 2.31 bits per heavy atom. The van der Waals surface area contributed by atoms with Crippen LogP contribution in [0.25, 0.3) is 0 Å². The summed E-state index contributed by atoms with van der Waals surface area (Å²) in [4.78, 5) is 51.7. The van der Waals surface area contributed by atoms with E-state index in [9.17, 15) is 19.2 Å². The lowest BCUT2D eigenvalue weighted by atomic mass is 9.56. The van der Waals surface area contributed by atoms with Gasteiger partial charge in [-0.1, -0.05) is 53.3 Å². The van der Waals surface area contributed by atoms with Crippen LogP contribution in [0.5, 0.6) is 0 Å². The highest BCUT2D eigenvalue weighted by Crippen LogP contribution is 2.52. The Hall–Kier alpha value is -2.32. The maximum atomic E-state index is 14.3. The molecule has 0 aromatic rings. The van der Waals surface area contributed by atoms with Gasteiger partial charge in [0.2, 0.25) is 5.78 Å². The molecule has 2 aliphatic carbocycles. The SMILES string of the molecule is C=CC(=O)OC[C@]1(C2=CC=C[C@@](C)(OC(C)=O)C2=O)CC[C@H](O[Si](C)(C)C(C)(C)C)C(C)(C)C1=O. The van der Waals surface area contributed by atoms with Gasteiger partial charge in [0.15, 0.2) is 19.7 Å². The maximum Gasteiger partial charge on any atom is 0.330 e. The molecule has 0 aromatic carbocycles. The molecule has 0 heterocycles. The molecular weight excluding hydrogens is 464 g/mol. The molecule has 1 fully saturated rings. The van der Waals surface area contributed by atoms with Crippen LogP contribution in [0.3, 0.4) is 0 Å². The number of esters is 2. The summed E-state index contributed by atoms with van der Waals surface area (Å²) >= 11 is 0. The van der Waals surface area contributed by atoms with E-state index in [1.54, 1.807) is 12.2 Å². The van der Waals surface area contributed by atoms with Crippen LogP contribution in [-0.4, -0.2) is 50.1 Å². The van der Waals surface area contributed by atoms with Crippen molar-refractivity contribution in [1.29, 1.82) is 0 Å². The number of Topliss-reactive ketones (excluding diaryl/α,β-unsaturated/α-hetero) is 2. The van der Waals surface area contributed by atoms with Crippen LogP contribution in [0.1, 0.15) is 61.3 Å². The Kier molecular flexibility index (Phi) is 7.94. The van der Waals surface area contributed by atoms with Crippen molar-refractivity contribution in [2.45, 2.75) is 91.1 Å². The molecule has 7 nitrogen and oxygen atoms in total. The van der Waals surface area contributed by atoms with Crippen LogP contribution in [0.15, 0.2) is 36.5 Å². The molecule has 0 unspecified atom stereocenters. The monoisotopic (exact) mass is 504 g/mol. The number of ketones is 2. The number of carbonyl (C=O) groups is 4. The molecule has 0 N–H and O–H groups in total. The Morgan fingerprint density at radius 2 is 1.80 bits per heavy atom. The topological polar surface area (TPSA) is 96.0 Å². The van der Waals surface area contributed by atoms with Crippen molar-refractivity contribution in [2.75, 3.05) is 6.61 Å². The van der Waals surface area contributed by atoms with Gasteiger partial charge in [0, 0.05) is 24.0 Å². The predicted octanol–water partition coefficient (Wildman–Crippen LogP) is 4.87. The predicted molar refractivity (Wildman–Crippen MR) is 136 cm³/mol. The number of ether oxygens (including phenoxy) is 2. The highest BCUT2D eigenvalue weighted by molar-refractivity contribution is 6.74. The number of carbonyl (C=O) groups excluding carboxylic acids is 4. The fraction of sp³-hybridized carbons (Fsp3) is 0.630. The fourth-order valence-electron chi connectivity index (χ4n) is 4.58. The van der Waals surface area contributed by atoms with E-state index >= 15 is 0 Å². The molecule has 0 spiro atoms. The first kappa shape index (κ1) is 28.9. The largest absolute Gasteiger partial charge is 0.461 e. The molecule has 0 saturated heterocycles. The minimum Gasteiger partial charge on any atom is -0.461 e. The van der Waals surface area contributed by atoms with Crippen LogP contribution in [0, 0.1) is 10.8 Å². The first-order valence-electron chi connectivity index (χ1n) is 12.0. The van der Waals surface area contributed by atoms with Crippen LogP contribution < -0.4 is 0 Å². The van der Waals surface area contributed by atoms with Gasteiger partial charge >= 0.3 is 11.9 Å². The van der Waals surface area contributed by atoms with Gasteiger partial charge in [-0.2, -0.15) is 0 Å². The van der Waals surface area contributed by atoms with Crippen molar-refractivity contribution in [3.63, 3.8) is 0 Å². The van der Waals surface area contributed by atoms with Gasteiger partial charge in [-0.05, 0) is 44.0 Å². The number of hydrogen-bond acceptors (Lipinski definition) is 7.